The Hall–Kier alpha value is -1.17. The highest BCUT2D eigenvalue weighted by atomic mass is 32.2. The number of carbonyl (C=O) groups excluding carboxylic acids is 1. The van der Waals surface area contributed by atoms with Crippen LogP contribution in [0.25, 0.3) is 0 Å². The second-order valence-electron chi connectivity index (χ2n) is 5.94. The van der Waals surface area contributed by atoms with Crippen LogP contribution in [0.5, 0.6) is 0 Å². The van der Waals surface area contributed by atoms with Gasteiger partial charge in [0.15, 0.2) is 0 Å². The molecule has 2 aliphatic rings. The van der Waals surface area contributed by atoms with Crippen molar-refractivity contribution in [3.8, 4) is 0 Å². The van der Waals surface area contributed by atoms with E-state index in [9.17, 15) is 4.79 Å². The quantitative estimate of drug-likeness (QED) is 0.928. The summed E-state index contributed by atoms with van der Waals surface area (Å²) in [6.45, 7) is 4.56. The van der Waals surface area contributed by atoms with Crippen molar-refractivity contribution in [2.75, 3.05) is 18.8 Å². The lowest BCUT2D eigenvalue weighted by molar-refractivity contribution is 0.187. The molecule has 21 heavy (non-hydrogen) atoms. The van der Waals surface area contributed by atoms with Crippen LogP contribution in [0.3, 0.4) is 0 Å². The number of carbonyl (C=O) groups is 1. The molecule has 116 valence electrons. The Morgan fingerprint density at radius 1 is 1.48 bits per heavy atom. The van der Waals surface area contributed by atoms with E-state index < -0.39 is 0 Å². The molecule has 2 saturated heterocycles. The van der Waals surface area contributed by atoms with Gasteiger partial charge in [-0.25, -0.2) is 9.78 Å². The molecular formula is C15H24N4OS. The largest absolute Gasteiger partial charge is 0.337 e. The van der Waals surface area contributed by atoms with E-state index in [1.165, 1.54) is 18.6 Å². The highest BCUT2D eigenvalue weighted by molar-refractivity contribution is 8.00. The average Bonchev–Trinajstić information content (AvgIpc) is 3.20. The van der Waals surface area contributed by atoms with Crippen LogP contribution in [0.1, 0.15) is 31.5 Å². The first-order valence-corrected chi connectivity index (χ1v) is 8.93. The number of thioether (sulfide) groups is 1. The first kappa shape index (κ1) is 14.8. The van der Waals surface area contributed by atoms with Crippen LogP contribution in [0.15, 0.2) is 12.4 Å². The first-order chi connectivity index (χ1) is 10.2. The molecule has 2 aliphatic heterocycles. The molecule has 2 amide bonds. The maximum absolute atomic E-state index is 12.4. The lowest BCUT2D eigenvalue weighted by Gasteiger charge is -2.26. The van der Waals surface area contributed by atoms with Gasteiger partial charge in [-0.05, 0) is 38.4 Å². The number of nitrogens with one attached hydrogen (secondary N) is 1. The Bertz CT molecular complexity index is 484. The van der Waals surface area contributed by atoms with Crippen LogP contribution >= 0.6 is 11.8 Å². The molecule has 0 saturated carbocycles. The molecule has 0 aliphatic carbocycles. The maximum Gasteiger partial charge on any atom is 0.317 e. The van der Waals surface area contributed by atoms with Crippen LogP contribution in [0, 0.1) is 6.92 Å². The Morgan fingerprint density at radius 2 is 2.38 bits per heavy atom. The van der Waals surface area contributed by atoms with Crippen LogP contribution in [0.2, 0.25) is 0 Å². The fourth-order valence-electron chi connectivity index (χ4n) is 3.22. The predicted molar refractivity (Wildman–Crippen MR) is 85.6 cm³/mol. The van der Waals surface area contributed by atoms with Crippen molar-refractivity contribution >= 4 is 17.8 Å². The van der Waals surface area contributed by atoms with Crippen molar-refractivity contribution in [1.29, 1.82) is 0 Å². The molecule has 1 aromatic heterocycles. The standard InChI is InChI=1S/C15H24N4OS/c1-12-16-6-8-18(12)11-13-4-2-7-19(13)15(20)17-10-14-5-3-9-21-14/h6,8,13-14H,2-5,7,9-11H2,1H3,(H,17,20)/t13-,14+/m1/s1. The SMILES string of the molecule is Cc1nccn1C[C@H]1CCCN1C(=O)NC[C@@H]1CCCS1. The summed E-state index contributed by atoms with van der Waals surface area (Å²) < 4.78 is 2.14. The molecule has 1 aromatic rings. The molecule has 0 aromatic carbocycles. The number of urea groups is 1. The third kappa shape index (κ3) is 3.54. The molecule has 0 spiro atoms. The van der Waals surface area contributed by atoms with Gasteiger partial charge >= 0.3 is 6.03 Å². The van der Waals surface area contributed by atoms with Crippen molar-refractivity contribution < 1.29 is 4.79 Å². The number of likely N-dealkylation sites (tertiary alicyclic amines) is 1. The molecule has 2 atom stereocenters. The van der Waals surface area contributed by atoms with Gasteiger partial charge in [-0.1, -0.05) is 0 Å². The molecule has 6 heteroatoms. The number of imidazole rings is 1. The number of aryl methyl sites for hydroxylation is 1. The topological polar surface area (TPSA) is 50.2 Å². The van der Waals surface area contributed by atoms with Gasteiger partial charge in [0.2, 0.25) is 0 Å². The maximum atomic E-state index is 12.4. The number of rotatable bonds is 4. The van der Waals surface area contributed by atoms with Crippen LogP contribution < -0.4 is 5.32 Å². The van der Waals surface area contributed by atoms with Gasteiger partial charge in [0.1, 0.15) is 5.82 Å². The summed E-state index contributed by atoms with van der Waals surface area (Å²) in [6, 6.07) is 0.414. The van der Waals surface area contributed by atoms with E-state index in [-0.39, 0.29) is 6.03 Å². The zero-order valence-corrected chi connectivity index (χ0v) is 13.4. The Morgan fingerprint density at radius 3 is 3.10 bits per heavy atom. The fraction of sp³-hybridized carbons (Fsp3) is 0.733. The summed E-state index contributed by atoms with van der Waals surface area (Å²) in [4.78, 5) is 18.7. The minimum absolute atomic E-state index is 0.114. The van der Waals surface area contributed by atoms with Gasteiger partial charge in [-0.3, -0.25) is 0 Å². The molecular weight excluding hydrogens is 284 g/mol. The average molecular weight is 308 g/mol. The number of nitrogens with zero attached hydrogens (tertiary/aromatic N) is 3. The van der Waals surface area contributed by atoms with E-state index in [2.05, 4.69) is 14.9 Å². The Kier molecular flexibility index (Phi) is 4.73. The second kappa shape index (κ2) is 6.73. The third-order valence-corrected chi connectivity index (χ3v) is 5.87. The summed E-state index contributed by atoms with van der Waals surface area (Å²) in [6.07, 6.45) is 8.54. The van der Waals surface area contributed by atoms with Gasteiger partial charge in [-0.15, -0.1) is 0 Å². The van der Waals surface area contributed by atoms with Gasteiger partial charge < -0.3 is 14.8 Å². The van der Waals surface area contributed by atoms with Crippen LogP contribution in [-0.4, -0.2) is 50.6 Å². The fourth-order valence-corrected chi connectivity index (χ4v) is 4.43. The van der Waals surface area contributed by atoms with Gasteiger partial charge in [0.25, 0.3) is 0 Å². The van der Waals surface area contributed by atoms with Crippen LogP contribution in [0.4, 0.5) is 4.79 Å². The minimum atomic E-state index is 0.114. The van der Waals surface area contributed by atoms with Gasteiger partial charge in [0, 0.05) is 37.3 Å². The normalized spacial score (nSPS) is 25.5. The lowest BCUT2D eigenvalue weighted by Crippen LogP contribution is -2.45. The molecule has 5 nitrogen and oxygen atoms in total. The van der Waals surface area contributed by atoms with E-state index in [0.717, 1.165) is 38.3 Å². The van der Waals surface area contributed by atoms with Gasteiger partial charge in [-0.2, -0.15) is 11.8 Å². The van der Waals surface area contributed by atoms with E-state index >= 15 is 0 Å². The van der Waals surface area contributed by atoms with Crippen molar-refractivity contribution in [3.63, 3.8) is 0 Å². The zero-order valence-electron chi connectivity index (χ0n) is 12.6. The van der Waals surface area contributed by atoms with Crippen molar-refractivity contribution in [3.05, 3.63) is 18.2 Å². The lowest BCUT2D eigenvalue weighted by atomic mass is 10.2. The van der Waals surface area contributed by atoms with E-state index in [4.69, 9.17) is 0 Å². The smallest absolute Gasteiger partial charge is 0.317 e. The van der Waals surface area contributed by atoms with E-state index in [1.54, 1.807) is 0 Å². The number of hydrogen-bond donors (Lipinski definition) is 1. The first-order valence-electron chi connectivity index (χ1n) is 7.88. The third-order valence-electron chi connectivity index (χ3n) is 4.47. The summed E-state index contributed by atoms with van der Waals surface area (Å²) in [5.41, 5.74) is 0. The summed E-state index contributed by atoms with van der Waals surface area (Å²) >= 11 is 1.99. The second-order valence-corrected chi connectivity index (χ2v) is 7.35. The van der Waals surface area contributed by atoms with Crippen molar-refractivity contribution in [2.45, 2.75) is 50.4 Å². The number of aromatic nitrogens is 2. The molecule has 0 bridgehead atoms. The van der Waals surface area contributed by atoms with E-state index in [1.807, 2.05) is 36.0 Å². The summed E-state index contributed by atoms with van der Waals surface area (Å²) in [7, 11) is 0. The molecule has 0 radical (unpaired) electrons. The summed E-state index contributed by atoms with van der Waals surface area (Å²) in [5, 5.41) is 3.75. The molecule has 2 fully saturated rings. The molecule has 1 N–H and O–H groups in total. The van der Waals surface area contributed by atoms with Crippen molar-refractivity contribution in [1.82, 2.24) is 19.8 Å². The van der Waals surface area contributed by atoms with E-state index in [0.29, 0.717) is 11.3 Å². The molecule has 3 rings (SSSR count). The Labute approximate surface area is 130 Å². The number of hydrogen-bond acceptors (Lipinski definition) is 3. The predicted octanol–water partition coefficient (Wildman–Crippen LogP) is 2.26. The minimum Gasteiger partial charge on any atom is -0.337 e. The van der Waals surface area contributed by atoms with Gasteiger partial charge in [0.05, 0.1) is 6.04 Å². The monoisotopic (exact) mass is 308 g/mol. The molecule has 3 heterocycles. The zero-order chi connectivity index (χ0) is 14.7. The Balaban J connectivity index is 1.53. The highest BCUT2D eigenvalue weighted by Gasteiger charge is 2.29. The highest BCUT2D eigenvalue weighted by Crippen LogP contribution is 2.25. The molecule has 0 unspecified atom stereocenters. The number of amides is 2. The van der Waals surface area contributed by atoms with Crippen molar-refractivity contribution in [2.24, 2.45) is 0 Å². The van der Waals surface area contributed by atoms with Crippen LogP contribution in [-0.2, 0) is 6.54 Å². The summed E-state index contributed by atoms with van der Waals surface area (Å²) in [5.74, 6) is 2.26.